The second-order valence-corrected chi connectivity index (χ2v) is 9.45. The number of hydrogen-bond donors (Lipinski definition) is 2. The van der Waals surface area contributed by atoms with E-state index in [0.29, 0.717) is 51.0 Å². The first kappa shape index (κ1) is 27.4. The van der Waals surface area contributed by atoms with E-state index in [0.717, 1.165) is 5.56 Å². The number of aliphatic hydroxyl groups is 1. The minimum absolute atomic E-state index is 0.0189. The molecule has 2 fully saturated rings. The van der Waals surface area contributed by atoms with Crippen molar-refractivity contribution >= 4 is 5.91 Å². The number of aliphatic hydroxyl groups excluding tert-OH is 1. The van der Waals surface area contributed by atoms with Gasteiger partial charge in [0, 0.05) is 19.4 Å². The highest BCUT2D eigenvalue weighted by molar-refractivity contribution is 5.84. The lowest BCUT2D eigenvalue weighted by atomic mass is 9.73. The van der Waals surface area contributed by atoms with E-state index in [4.69, 9.17) is 9.47 Å². The van der Waals surface area contributed by atoms with Gasteiger partial charge in [-0.05, 0) is 48.6 Å². The maximum Gasteiger partial charge on any atom is 0.416 e. The number of rotatable bonds is 6. The Morgan fingerprint density at radius 3 is 1.92 bits per heavy atom. The maximum absolute atomic E-state index is 13.6. The lowest BCUT2D eigenvalue weighted by molar-refractivity contribution is -0.187. The zero-order valence-electron chi connectivity index (χ0n) is 19.8. The second kappa shape index (κ2) is 10.3. The number of alkyl halides is 6. The van der Waals surface area contributed by atoms with Gasteiger partial charge in [-0.1, -0.05) is 30.3 Å². The number of hydrogen-bond acceptors (Lipinski definition) is 4. The summed E-state index contributed by atoms with van der Waals surface area (Å²) in [6.45, 7) is 0.277. The molecule has 2 aromatic carbocycles. The molecule has 2 aliphatic rings. The first-order valence-corrected chi connectivity index (χ1v) is 11.9. The highest BCUT2D eigenvalue weighted by atomic mass is 19.4. The first-order chi connectivity index (χ1) is 17.4. The molecule has 1 aliphatic carbocycles. The molecular formula is C26H27F6NO4. The zero-order chi connectivity index (χ0) is 26.9. The topological polar surface area (TPSA) is 67.8 Å². The number of nitrogens with one attached hydrogen (secondary N) is 1. The van der Waals surface area contributed by atoms with Crippen LogP contribution >= 0.6 is 0 Å². The number of halogens is 6. The largest absolute Gasteiger partial charge is 0.416 e. The molecule has 0 aromatic heterocycles. The molecule has 202 valence electrons. The predicted octanol–water partition coefficient (Wildman–Crippen LogP) is 5.52. The molecule has 1 heterocycles. The summed E-state index contributed by atoms with van der Waals surface area (Å²) in [6.07, 6.45) is -8.83. The lowest BCUT2D eigenvalue weighted by Crippen LogP contribution is -2.53. The molecule has 1 saturated carbocycles. The molecule has 1 saturated heterocycles. The van der Waals surface area contributed by atoms with Crippen molar-refractivity contribution in [3.8, 4) is 0 Å². The Hall–Kier alpha value is -2.63. The third kappa shape index (κ3) is 5.94. The normalized spacial score (nSPS) is 20.1. The second-order valence-electron chi connectivity index (χ2n) is 9.45. The van der Waals surface area contributed by atoms with Crippen molar-refractivity contribution in [1.29, 1.82) is 0 Å². The molecule has 1 amide bonds. The minimum Gasteiger partial charge on any atom is -0.396 e. The molecular weight excluding hydrogens is 504 g/mol. The molecule has 11 heteroatoms. The molecule has 37 heavy (non-hydrogen) atoms. The van der Waals surface area contributed by atoms with Crippen LogP contribution in [0.5, 0.6) is 0 Å². The maximum atomic E-state index is 13.6. The smallest absolute Gasteiger partial charge is 0.396 e. The Bertz CT molecular complexity index is 1050. The highest BCUT2D eigenvalue weighted by Gasteiger charge is 2.48. The van der Waals surface area contributed by atoms with Gasteiger partial charge in [-0.2, -0.15) is 26.3 Å². The number of ether oxygens (including phenoxy) is 2. The van der Waals surface area contributed by atoms with E-state index in [1.54, 1.807) is 18.2 Å². The fourth-order valence-corrected chi connectivity index (χ4v) is 5.17. The predicted molar refractivity (Wildman–Crippen MR) is 120 cm³/mol. The zero-order valence-corrected chi connectivity index (χ0v) is 19.8. The van der Waals surface area contributed by atoms with Gasteiger partial charge in [0.1, 0.15) is 0 Å². The lowest BCUT2D eigenvalue weighted by Gasteiger charge is -2.45. The van der Waals surface area contributed by atoms with E-state index >= 15 is 0 Å². The quantitative estimate of drug-likeness (QED) is 0.482. The Kier molecular flexibility index (Phi) is 7.60. The van der Waals surface area contributed by atoms with E-state index in [-0.39, 0.29) is 12.5 Å². The summed E-state index contributed by atoms with van der Waals surface area (Å²) in [5.41, 5.74) is -3.69. The molecule has 2 N–H and O–H groups in total. The van der Waals surface area contributed by atoms with Crippen LogP contribution in [-0.2, 0) is 32.2 Å². The Balaban J connectivity index is 1.69. The van der Waals surface area contributed by atoms with E-state index in [9.17, 15) is 36.2 Å². The van der Waals surface area contributed by atoms with Gasteiger partial charge in [0.2, 0.25) is 5.91 Å². The standard InChI is InChI=1S/C26H27F6NO4/c27-25(28,29)19-14-17(15-20(16-19)26(30,31)32)21(6-11-34)22(35)33-23(18-4-2-1-3-5-18)7-9-24(10-8-23)36-12-13-37-24/h1-5,14-16,21,34H,6-13H2,(H,33,35). The molecule has 0 bridgehead atoms. The average Bonchev–Trinajstić information content (AvgIpc) is 3.31. The third-order valence-corrected chi connectivity index (χ3v) is 7.11. The van der Waals surface area contributed by atoms with Gasteiger partial charge in [-0.3, -0.25) is 4.79 Å². The van der Waals surface area contributed by atoms with Gasteiger partial charge in [0.05, 0.1) is 35.8 Å². The molecule has 1 spiro atoms. The van der Waals surface area contributed by atoms with Crippen molar-refractivity contribution in [3.05, 3.63) is 70.8 Å². The Morgan fingerprint density at radius 1 is 0.892 bits per heavy atom. The molecule has 4 rings (SSSR count). The molecule has 1 unspecified atom stereocenters. The van der Waals surface area contributed by atoms with Crippen LogP contribution in [0.15, 0.2) is 48.5 Å². The molecule has 5 nitrogen and oxygen atoms in total. The number of carbonyl (C=O) groups excluding carboxylic acids is 1. The SMILES string of the molecule is O=C(NC1(c2ccccc2)CCC2(CC1)OCCO2)C(CCO)c1cc(C(F)(F)F)cc(C(F)(F)F)c1. The van der Waals surface area contributed by atoms with Crippen LogP contribution in [0.4, 0.5) is 26.3 Å². The molecule has 0 radical (unpaired) electrons. The van der Waals surface area contributed by atoms with E-state index in [2.05, 4.69) is 5.32 Å². The van der Waals surface area contributed by atoms with Crippen molar-refractivity contribution < 1.29 is 45.7 Å². The van der Waals surface area contributed by atoms with Gasteiger partial charge in [0.15, 0.2) is 5.79 Å². The van der Waals surface area contributed by atoms with Crippen LogP contribution in [-0.4, -0.2) is 36.6 Å². The fraction of sp³-hybridized carbons (Fsp3) is 0.500. The van der Waals surface area contributed by atoms with Gasteiger partial charge >= 0.3 is 12.4 Å². The third-order valence-electron chi connectivity index (χ3n) is 7.11. The van der Waals surface area contributed by atoms with Gasteiger partial charge in [0.25, 0.3) is 0 Å². The summed E-state index contributed by atoms with van der Waals surface area (Å²) < 4.78 is 92.2. The number of benzene rings is 2. The van der Waals surface area contributed by atoms with Gasteiger partial charge < -0.3 is 19.9 Å². The summed E-state index contributed by atoms with van der Waals surface area (Å²) in [5, 5.41) is 12.5. The summed E-state index contributed by atoms with van der Waals surface area (Å²) in [7, 11) is 0. The first-order valence-electron chi connectivity index (χ1n) is 11.9. The average molecular weight is 531 g/mol. The highest BCUT2D eigenvalue weighted by Crippen LogP contribution is 2.46. The number of carbonyl (C=O) groups is 1. The summed E-state index contributed by atoms with van der Waals surface area (Å²) >= 11 is 0. The van der Waals surface area contributed by atoms with E-state index in [1.165, 1.54) is 0 Å². The van der Waals surface area contributed by atoms with Crippen molar-refractivity contribution in [1.82, 2.24) is 5.32 Å². The number of amides is 1. The van der Waals surface area contributed by atoms with Crippen LogP contribution in [0.1, 0.15) is 60.3 Å². The summed E-state index contributed by atoms with van der Waals surface area (Å²) in [6, 6.07) is 10.1. The monoisotopic (exact) mass is 531 g/mol. The Morgan fingerprint density at radius 2 is 1.43 bits per heavy atom. The van der Waals surface area contributed by atoms with Gasteiger partial charge in [-0.15, -0.1) is 0 Å². The van der Waals surface area contributed by atoms with Crippen LogP contribution in [0.25, 0.3) is 0 Å². The van der Waals surface area contributed by atoms with Crippen LogP contribution < -0.4 is 5.32 Å². The fourth-order valence-electron chi connectivity index (χ4n) is 5.17. The summed E-state index contributed by atoms with van der Waals surface area (Å²) in [4.78, 5) is 13.6. The van der Waals surface area contributed by atoms with Crippen molar-refractivity contribution in [3.63, 3.8) is 0 Å². The van der Waals surface area contributed by atoms with Crippen molar-refractivity contribution in [2.24, 2.45) is 0 Å². The molecule has 2 aromatic rings. The van der Waals surface area contributed by atoms with Crippen molar-refractivity contribution in [2.45, 2.75) is 61.7 Å². The van der Waals surface area contributed by atoms with Crippen molar-refractivity contribution in [2.75, 3.05) is 19.8 Å². The van der Waals surface area contributed by atoms with Crippen LogP contribution in [0.3, 0.4) is 0 Å². The molecule has 1 aliphatic heterocycles. The summed E-state index contributed by atoms with van der Waals surface area (Å²) in [5.74, 6) is -2.98. The van der Waals surface area contributed by atoms with E-state index in [1.807, 2.05) is 12.1 Å². The van der Waals surface area contributed by atoms with Gasteiger partial charge in [-0.25, -0.2) is 0 Å². The van der Waals surface area contributed by atoms with Crippen LogP contribution in [0.2, 0.25) is 0 Å². The van der Waals surface area contributed by atoms with E-state index < -0.39 is 58.8 Å². The molecule has 1 atom stereocenters. The van der Waals surface area contributed by atoms with Crippen LogP contribution in [0, 0.1) is 0 Å². The Labute approximate surface area is 209 Å². The minimum atomic E-state index is -5.06.